The molecule has 0 unspecified atom stereocenters. The SMILES string of the molecule is CCCN1CCC(NC(=O)CCCc2c[nH]c3ccccc23)CC1. The van der Waals surface area contributed by atoms with Crippen molar-refractivity contribution in [2.75, 3.05) is 19.6 Å². The number of carbonyl (C=O) groups excluding carboxylic acids is 1. The Kier molecular flexibility index (Phi) is 5.91. The summed E-state index contributed by atoms with van der Waals surface area (Å²) in [5, 5.41) is 4.50. The van der Waals surface area contributed by atoms with Gasteiger partial charge in [-0.25, -0.2) is 0 Å². The summed E-state index contributed by atoms with van der Waals surface area (Å²) in [4.78, 5) is 18.0. The number of para-hydroxylation sites is 1. The van der Waals surface area contributed by atoms with Gasteiger partial charge in [-0.1, -0.05) is 25.1 Å². The number of piperidine rings is 1. The number of hydrogen-bond acceptors (Lipinski definition) is 2. The number of fused-ring (bicyclic) bond motifs is 1. The van der Waals surface area contributed by atoms with Crippen molar-refractivity contribution in [3.05, 3.63) is 36.0 Å². The number of carbonyl (C=O) groups is 1. The van der Waals surface area contributed by atoms with Gasteiger partial charge in [0, 0.05) is 42.7 Å². The van der Waals surface area contributed by atoms with E-state index in [1.807, 2.05) is 6.07 Å². The fourth-order valence-electron chi connectivity index (χ4n) is 3.69. The normalized spacial score (nSPS) is 16.5. The van der Waals surface area contributed by atoms with Crippen molar-refractivity contribution in [3.8, 4) is 0 Å². The highest BCUT2D eigenvalue weighted by atomic mass is 16.1. The standard InChI is InChI=1S/C20H29N3O/c1-2-12-23-13-10-17(11-14-23)22-20(24)9-5-6-16-15-21-19-8-4-3-7-18(16)19/h3-4,7-8,15,17,21H,2,5-6,9-14H2,1H3,(H,22,24). The van der Waals surface area contributed by atoms with Crippen LogP contribution in [0.4, 0.5) is 0 Å². The minimum absolute atomic E-state index is 0.212. The van der Waals surface area contributed by atoms with Crippen LogP contribution in [0.5, 0.6) is 0 Å². The highest BCUT2D eigenvalue weighted by molar-refractivity contribution is 5.83. The first kappa shape index (κ1) is 17.0. The Bertz CT molecular complexity index is 656. The number of nitrogens with one attached hydrogen (secondary N) is 2. The maximum absolute atomic E-state index is 12.2. The first-order chi connectivity index (χ1) is 11.8. The van der Waals surface area contributed by atoms with Crippen LogP contribution in [0.2, 0.25) is 0 Å². The van der Waals surface area contributed by atoms with Crippen molar-refractivity contribution in [2.24, 2.45) is 0 Å². The molecule has 4 nitrogen and oxygen atoms in total. The van der Waals surface area contributed by atoms with Gasteiger partial charge >= 0.3 is 0 Å². The summed E-state index contributed by atoms with van der Waals surface area (Å²) in [5.74, 6) is 0.212. The topological polar surface area (TPSA) is 48.1 Å². The predicted octanol–water partition coefficient (Wildman–Crippen LogP) is 3.48. The van der Waals surface area contributed by atoms with Gasteiger partial charge < -0.3 is 15.2 Å². The number of aryl methyl sites for hydroxylation is 1. The zero-order chi connectivity index (χ0) is 16.8. The second-order valence-corrected chi connectivity index (χ2v) is 6.90. The summed E-state index contributed by atoms with van der Waals surface area (Å²) in [6.07, 6.45) is 7.95. The van der Waals surface area contributed by atoms with E-state index in [4.69, 9.17) is 0 Å². The van der Waals surface area contributed by atoms with Gasteiger partial charge in [-0.15, -0.1) is 0 Å². The van der Waals surface area contributed by atoms with Gasteiger partial charge in [0.15, 0.2) is 0 Å². The lowest BCUT2D eigenvalue weighted by Crippen LogP contribution is -2.44. The van der Waals surface area contributed by atoms with Crippen LogP contribution in [-0.4, -0.2) is 41.5 Å². The van der Waals surface area contributed by atoms with E-state index in [2.05, 4.69) is 46.5 Å². The summed E-state index contributed by atoms with van der Waals surface area (Å²) < 4.78 is 0. The highest BCUT2D eigenvalue weighted by Crippen LogP contribution is 2.19. The average molecular weight is 327 g/mol. The van der Waals surface area contributed by atoms with Crippen molar-refractivity contribution >= 4 is 16.8 Å². The molecule has 3 rings (SSSR count). The van der Waals surface area contributed by atoms with Crippen molar-refractivity contribution in [1.82, 2.24) is 15.2 Å². The van der Waals surface area contributed by atoms with Gasteiger partial charge in [-0.3, -0.25) is 4.79 Å². The molecule has 0 aliphatic carbocycles. The number of aromatic nitrogens is 1. The summed E-state index contributed by atoms with van der Waals surface area (Å²) in [6, 6.07) is 8.72. The van der Waals surface area contributed by atoms with Gasteiger partial charge in [0.2, 0.25) is 5.91 Å². The predicted molar refractivity (Wildman–Crippen MR) is 99.1 cm³/mol. The Morgan fingerprint density at radius 1 is 1.29 bits per heavy atom. The maximum Gasteiger partial charge on any atom is 0.220 e. The molecule has 1 aliphatic heterocycles. The van der Waals surface area contributed by atoms with Crippen molar-refractivity contribution in [1.29, 1.82) is 0 Å². The number of rotatable bonds is 7. The van der Waals surface area contributed by atoms with Crippen LogP contribution in [-0.2, 0) is 11.2 Å². The Morgan fingerprint density at radius 3 is 2.88 bits per heavy atom. The minimum atomic E-state index is 0.212. The minimum Gasteiger partial charge on any atom is -0.361 e. The lowest BCUT2D eigenvalue weighted by atomic mass is 10.0. The van der Waals surface area contributed by atoms with Crippen molar-refractivity contribution < 1.29 is 4.79 Å². The summed E-state index contributed by atoms with van der Waals surface area (Å²) in [7, 11) is 0. The quantitative estimate of drug-likeness (QED) is 0.818. The molecule has 0 bridgehead atoms. The Balaban J connectivity index is 1.39. The van der Waals surface area contributed by atoms with Gasteiger partial charge in [0.25, 0.3) is 0 Å². The van der Waals surface area contributed by atoms with Crippen LogP contribution in [0, 0.1) is 0 Å². The number of benzene rings is 1. The lowest BCUT2D eigenvalue weighted by Gasteiger charge is -2.32. The largest absolute Gasteiger partial charge is 0.361 e. The highest BCUT2D eigenvalue weighted by Gasteiger charge is 2.19. The summed E-state index contributed by atoms with van der Waals surface area (Å²) in [6.45, 7) is 5.65. The second-order valence-electron chi connectivity index (χ2n) is 6.90. The molecule has 0 atom stereocenters. The molecular weight excluding hydrogens is 298 g/mol. The van der Waals surface area contributed by atoms with Crippen LogP contribution in [0.25, 0.3) is 10.9 Å². The molecule has 1 aliphatic rings. The van der Waals surface area contributed by atoms with E-state index in [1.54, 1.807) is 0 Å². The molecule has 2 N–H and O–H groups in total. The molecule has 1 aromatic heterocycles. The molecule has 0 radical (unpaired) electrons. The van der Waals surface area contributed by atoms with Crippen LogP contribution in [0.1, 0.15) is 44.6 Å². The summed E-state index contributed by atoms with van der Waals surface area (Å²) >= 11 is 0. The third kappa shape index (κ3) is 4.38. The van der Waals surface area contributed by atoms with Gasteiger partial charge in [0.1, 0.15) is 0 Å². The van der Waals surface area contributed by atoms with E-state index in [9.17, 15) is 4.79 Å². The van der Waals surface area contributed by atoms with E-state index in [0.29, 0.717) is 12.5 Å². The molecule has 2 heterocycles. The van der Waals surface area contributed by atoms with Crippen LogP contribution >= 0.6 is 0 Å². The molecular formula is C20H29N3O. The molecule has 0 saturated carbocycles. The van der Waals surface area contributed by atoms with E-state index < -0.39 is 0 Å². The van der Waals surface area contributed by atoms with Crippen LogP contribution < -0.4 is 5.32 Å². The number of aromatic amines is 1. The van der Waals surface area contributed by atoms with Crippen molar-refractivity contribution in [2.45, 2.75) is 51.5 Å². The Morgan fingerprint density at radius 2 is 2.08 bits per heavy atom. The third-order valence-electron chi connectivity index (χ3n) is 5.02. The first-order valence-corrected chi connectivity index (χ1v) is 9.33. The maximum atomic E-state index is 12.2. The van der Waals surface area contributed by atoms with E-state index >= 15 is 0 Å². The van der Waals surface area contributed by atoms with Crippen LogP contribution in [0.15, 0.2) is 30.5 Å². The molecule has 1 aromatic carbocycles. The zero-order valence-corrected chi connectivity index (χ0v) is 14.7. The average Bonchev–Trinajstić information content (AvgIpc) is 3.00. The Labute approximate surface area is 144 Å². The number of H-pyrrole nitrogens is 1. The number of amides is 1. The summed E-state index contributed by atoms with van der Waals surface area (Å²) in [5.41, 5.74) is 2.49. The molecule has 130 valence electrons. The molecule has 1 fully saturated rings. The third-order valence-corrected chi connectivity index (χ3v) is 5.02. The molecule has 1 saturated heterocycles. The van der Waals surface area contributed by atoms with Gasteiger partial charge in [-0.2, -0.15) is 0 Å². The molecule has 4 heteroatoms. The van der Waals surface area contributed by atoms with Crippen molar-refractivity contribution in [3.63, 3.8) is 0 Å². The fraction of sp³-hybridized carbons (Fsp3) is 0.550. The Hall–Kier alpha value is -1.81. The molecule has 2 aromatic rings. The lowest BCUT2D eigenvalue weighted by molar-refractivity contribution is -0.122. The van der Waals surface area contributed by atoms with E-state index in [0.717, 1.165) is 38.8 Å². The first-order valence-electron chi connectivity index (χ1n) is 9.33. The smallest absolute Gasteiger partial charge is 0.220 e. The molecule has 1 amide bonds. The number of likely N-dealkylation sites (tertiary alicyclic amines) is 1. The van der Waals surface area contributed by atoms with Gasteiger partial charge in [0.05, 0.1) is 0 Å². The fourth-order valence-corrected chi connectivity index (χ4v) is 3.69. The number of hydrogen-bond donors (Lipinski definition) is 2. The second kappa shape index (κ2) is 8.34. The zero-order valence-electron chi connectivity index (χ0n) is 14.7. The van der Waals surface area contributed by atoms with Crippen LogP contribution in [0.3, 0.4) is 0 Å². The molecule has 24 heavy (non-hydrogen) atoms. The van der Waals surface area contributed by atoms with E-state index in [-0.39, 0.29) is 5.91 Å². The monoisotopic (exact) mass is 327 g/mol. The molecule has 0 spiro atoms. The number of nitrogens with zero attached hydrogens (tertiary/aromatic N) is 1. The van der Waals surface area contributed by atoms with E-state index in [1.165, 1.54) is 29.4 Å². The van der Waals surface area contributed by atoms with Gasteiger partial charge in [-0.05, 0) is 50.3 Å².